The van der Waals surface area contributed by atoms with Gasteiger partial charge in [0.2, 0.25) is 5.91 Å². The molecule has 1 atom stereocenters. The van der Waals surface area contributed by atoms with E-state index in [4.69, 9.17) is 0 Å². The molecule has 6 nitrogen and oxygen atoms in total. The van der Waals surface area contributed by atoms with E-state index in [9.17, 15) is 9.90 Å². The minimum absolute atomic E-state index is 0.0461. The molecule has 25 heavy (non-hydrogen) atoms. The van der Waals surface area contributed by atoms with Crippen LogP contribution in [0.2, 0.25) is 0 Å². The zero-order valence-corrected chi connectivity index (χ0v) is 15.7. The average molecular weight is 348 g/mol. The molecule has 0 spiro atoms. The highest BCUT2D eigenvalue weighted by molar-refractivity contribution is 5.92. The standard InChI is InChI=1S/C19H32N4O2/c1-4-16-7-5-6-8-18(16)20-19(25)15-22(3)13-17(24)14-23-11-9-21(2)10-12-23/h5-8,17,24H,4,9-15H2,1-3H3,(H,20,25). The first kappa shape index (κ1) is 19.8. The van der Waals surface area contributed by atoms with Crippen LogP contribution in [-0.4, -0.2) is 91.7 Å². The minimum Gasteiger partial charge on any atom is -0.390 e. The Hall–Kier alpha value is -1.47. The van der Waals surface area contributed by atoms with E-state index in [1.165, 1.54) is 0 Å². The van der Waals surface area contributed by atoms with Crippen molar-refractivity contribution >= 4 is 11.6 Å². The summed E-state index contributed by atoms with van der Waals surface area (Å²) in [5.74, 6) is -0.0461. The summed E-state index contributed by atoms with van der Waals surface area (Å²) in [5, 5.41) is 13.3. The molecule has 1 fully saturated rings. The summed E-state index contributed by atoms with van der Waals surface area (Å²) in [5.41, 5.74) is 2.01. The summed E-state index contributed by atoms with van der Waals surface area (Å²) in [6.45, 7) is 7.58. The van der Waals surface area contributed by atoms with Crippen LogP contribution < -0.4 is 5.32 Å². The summed E-state index contributed by atoms with van der Waals surface area (Å²) in [6.07, 6.45) is 0.444. The van der Waals surface area contributed by atoms with Gasteiger partial charge in [0.05, 0.1) is 12.6 Å². The topological polar surface area (TPSA) is 59.1 Å². The molecule has 0 aromatic heterocycles. The highest BCUT2D eigenvalue weighted by Crippen LogP contribution is 2.15. The average Bonchev–Trinajstić information content (AvgIpc) is 2.57. The van der Waals surface area contributed by atoms with Crippen LogP contribution in [0.25, 0.3) is 0 Å². The molecule has 2 rings (SSSR count). The molecule has 1 aliphatic heterocycles. The van der Waals surface area contributed by atoms with Crippen molar-refractivity contribution in [2.75, 3.05) is 65.2 Å². The Morgan fingerprint density at radius 2 is 1.96 bits per heavy atom. The third-order valence-corrected chi connectivity index (χ3v) is 4.67. The van der Waals surface area contributed by atoms with Crippen molar-refractivity contribution in [2.24, 2.45) is 0 Å². The quantitative estimate of drug-likeness (QED) is 0.725. The number of rotatable bonds is 8. The van der Waals surface area contributed by atoms with Gasteiger partial charge in [-0.3, -0.25) is 14.6 Å². The van der Waals surface area contributed by atoms with Crippen LogP contribution in [-0.2, 0) is 11.2 Å². The second kappa shape index (κ2) is 9.87. The number of amides is 1. The minimum atomic E-state index is -0.441. The van der Waals surface area contributed by atoms with Crippen LogP contribution in [0.5, 0.6) is 0 Å². The number of aliphatic hydroxyl groups excluding tert-OH is 1. The number of hydrogen-bond acceptors (Lipinski definition) is 5. The van der Waals surface area contributed by atoms with Crippen molar-refractivity contribution in [3.05, 3.63) is 29.8 Å². The molecule has 0 aliphatic carbocycles. The maximum absolute atomic E-state index is 12.2. The number of benzene rings is 1. The monoisotopic (exact) mass is 348 g/mol. The Morgan fingerprint density at radius 3 is 2.64 bits per heavy atom. The lowest BCUT2D eigenvalue weighted by molar-refractivity contribution is -0.117. The number of aliphatic hydroxyl groups is 1. The van der Waals surface area contributed by atoms with Crippen molar-refractivity contribution in [3.8, 4) is 0 Å². The smallest absolute Gasteiger partial charge is 0.238 e. The molecular formula is C19H32N4O2. The van der Waals surface area contributed by atoms with E-state index in [1.807, 2.05) is 36.2 Å². The van der Waals surface area contributed by atoms with E-state index in [0.29, 0.717) is 13.1 Å². The number of carbonyl (C=O) groups excluding carboxylic acids is 1. The van der Waals surface area contributed by atoms with Crippen molar-refractivity contribution in [1.82, 2.24) is 14.7 Å². The highest BCUT2D eigenvalue weighted by atomic mass is 16.3. The predicted octanol–water partition coefficient (Wildman–Crippen LogP) is 0.728. The molecule has 0 bridgehead atoms. The molecule has 1 saturated heterocycles. The first-order chi connectivity index (χ1) is 12.0. The maximum atomic E-state index is 12.2. The molecule has 1 amide bonds. The van der Waals surface area contributed by atoms with Gasteiger partial charge in [0, 0.05) is 45.0 Å². The number of nitrogens with zero attached hydrogens (tertiary/aromatic N) is 3. The van der Waals surface area contributed by atoms with Crippen LogP contribution in [0.15, 0.2) is 24.3 Å². The Bertz CT molecular complexity index is 544. The Labute approximate surface area is 151 Å². The van der Waals surface area contributed by atoms with E-state index < -0.39 is 6.10 Å². The normalized spacial score (nSPS) is 17.6. The molecule has 140 valence electrons. The van der Waals surface area contributed by atoms with Gasteiger partial charge in [-0.2, -0.15) is 0 Å². The molecule has 0 saturated carbocycles. The number of para-hydroxylation sites is 1. The van der Waals surface area contributed by atoms with Crippen LogP contribution in [0.4, 0.5) is 5.69 Å². The van der Waals surface area contributed by atoms with Crippen molar-refractivity contribution in [2.45, 2.75) is 19.4 Å². The molecular weight excluding hydrogens is 316 g/mol. The molecule has 1 unspecified atom stereocenters. The number of anilines is 1. The Kier molecular flexibility index (Phi) is 7.84. The van der Waals surface area contributed by atoms with Gasteiger partial charge >= 0.3 is 0 Å². The third-order valence-electron chi connectivity index (χ3n) is 4.67. The maximum Gasteiger partial charge on any atom is 0.238 e. The fourth-order valence-corrected chi connectivity index (χ4v) is 3.20. The van der Waals surface area contributed by atoms with Crippen LogP contribution in [0.3, 0.4) is 0 Å². The number of likely N-dealkylation sites (N-methyl/N-ethyl adjacent to an activating group) is 2. The molecule has 1 aromatic rings. The number of nitrogens with one attached hydrogen (secondary N) is 1. The number of aryl methyl sites for hydroxylation is 1. The second-order valence-corrected chi connectivity index (χ2v) is 7.01. The summed E-state index contributed by atoms with van der Waals surface area (Å²) in [4.78, 5) is 18.7. The van der Waals surface area contributed by atoms with E-state index in [1.54, 1.807) is 0 Å². The molecule has 1 aliphatic rings. The van der Waals surface area contributed by atoms with E-state index >= 15 is 0 Å². The predicted molar refractivity (Wildman–Crippen MR) is 102 cm³/mol. The fraction of sp³-hybridized carbons (Fsp3) is 0.632. The lowest BCUT2D eigenvalue weighted by Crippen LogP contribution is -2.48. The van der Waals surface area contributed by atoms with E-state index in [2.05, 4.69) is 29.1 Å². The number of hydrogen-bond donors (Lipinski definition) is 2. The van der Waals surface area contributed by atoms with Gasteiger partial charge in [-0.25, -0.2) is 0 Å². The second-order valence-electron chi connectivity index (χ2n) is 7.01. The SMILES string of the molecule is CCc1ccccc1NC(=O)CN(C)CC(O)CN1CCN(C)CC1. The largest absolute Gasteiger partial charge is 0.390 e. The van der Waals surface area contributed by atoms with Gasteiger partial charge in [0.25, 0.3) is 0 Å². The zero-order chi connectivity index (χ0) is 18.2. The number of piperazine rings is 1. The lowest BCUT2D eigenvalue weighted by atomic mass is 10.1. The van der Waals surface area contributed by atoms with Gasteiger partial charge in [-0.1, -0.05) is 25.1 Å². The molecule has 0 radical (unpaired) electrons. The zero-order valence-electron chi connectivity index (χ0n) is 15.7. The van der Waals surface area contributed by atoms with Crippen molar-refractivity contribution < 1.29 is 9.90 Å². The molecule has 2 N–H and O–H groups in total. The van der Waals surface area contributed by atoms with Gasteiger partial charge in [-0.05, 0) is 32.1 Å². The van der Waals surface area contributed by atoms with E-state index in [0.717, 1.165) is 43.9 Å². The lowest BCUT2D eigenvalue weighted by Gasteiger charge is -2.34. The van der Waals surface area contributed by atoms with Crippen LogP contribution in [0.1, 0.15) is 12.5 Å². The van der Waals surface area contributed by atoms with Gasteiger partial charge in [0.15, 0.2) is 0 Å². The summed E-state index contributed by atoms with van der Waals surface area (Å²) in [6, 6.07) is 7.87. The first-order valence-corrected chi connectivity index (χ1v) is 9.13. The van der Waals surface area contributed by atoms with Gasteiger partial charge in [-0.15, -0.1) is 0 Å². The molecule has 6 heteroatoms. The third kappa shape index (κ3) is 6.74. The summed E-state index contributed by atoms with van der Waals surface area (Å²) < 4.78 is 0. The van der Waals surface area contributed by atoms with Crippen molar-refractivity contribution in [3.63, 3.8) is 0 Å². The Balaban J connectivity index is 1.73. The molecule has 1 heterocycles. The Morgan fingerprint density at radius 1 is 1.28 bits per heavy atom. The summed E-state index contributed by atoms with van der Waals surface area (Å²) in [7, 11) is 4.00. The number of β-amino-alcohol motifs (C(OH)–C–C–N with tert-alkyl or cyclic N) is 1. The van der Waals surface area contributed by atoms with E-state index in [-0.39, 0.29) is 12.5 Å². The molecule has 1 aromatic carbocycles. The first-order valence-electron chi connectivity index (χ1n) is 9.13. The number of carbonyl (C=O) groups is 1. The summed E-state index contributed by atoms with van der Waals surface area (Å²) >= 11 is 0. The fourth-order valence-electron chi connectivity index (χ4n) is 3.20. The van der Waals surface area contributed by atoms with Crippen LogP contribution >= 0.6 is 0 Å². The highest BCUT2D eigenvalue weighted by Gasteiger charge is 2.18. The van der Waals surface area contributed by atoms with Gasteiger partial charge in [0.1, 0.15) is 0 Å². The van der Waals surface area contributed by atoms with Gasteiger partial charge < -0.3 is 15.3 Å². The van der Waals surface area contributed by atoms with Crippen LogP contribution in [0, 0.1) is 0 Å². The van der Waals surface area contributed by atoms with Crippen molar-refractivity contribution in [1.29, 1.82) is 0 Å².